The lowest BCUT2D eigenvalue weighted by Crippen LogP contribution is -2.34. The van der Waals surface area contributed by atoms with Crippen LogP contribution in [0.3, 0.4) is 0 Å². The number of nitrogens with one attached hydrogen (secondary N) is 1. The van der Waals surface area contributed by atoms with E-state index in [4.69, 9.17) is 14.3 Å². The molecule has 1 aromatic carbocycles. The summed E-state index contributed by atoms with van der Waals surface area (Å²) in [6.07, 6.45) is 2.07. The standard InChI is InChI=1S/C15H18N2O5S/c1-10(8-11-4-3-7-22-11)17-15(18)13-9-12(23(16,19)20)5-6-14(13)21-2/h3-7,9-10H,8H2,1-2H3,(H,17,18)(H2,16,19,20). The van der Waals surface area contributed by atoms with Crippen molar-refractivity contribution in [3.05, 3.63) is 47.9 Å². The van der Waals surface area contributed by atoms with Gasteiger partial charge in [-0.05, 0) is 37.3 Å². The molecule has 0 fully saturated rings. The van der Waals surface area contributed by atoms with E-state index in [1.807, 2.05) is 13.0 Å². The second-order valence-electron chi connectivity index (χ2n) is 5.07. The number of benzene rings is 1. The summed E-state index contributed by atoms with van der Waals surface area (Å²) in [7, 11) is -2.51. The summed E-state index contributed by atoms with van der Waals surface area (Å²) in [5.74, 6) is 0.551. The number of hydrogen-bond donors (Lipinski definition) is 2. The molecule has 0 aliphatic carbocycles. The monoisotopic (exact) mass is 338 g/mol. The molecule has 0 saturated carbocycles. The fourth-order valence-electron chi connectivity index (χ4n) is 2.12. The Morgan fingerprint density at radius 1 is 1.39 bits per heavy atom. The minimum absolute atomic E-state index is 0.102. The van der Waals surface area contributed by atoms with Crippen LogP contribution in [0, 0.1) is 0 Å². The lowest BCUT2D eigenvalue weighted by Gasteiger charge is -2.15. The Morgan fingerprint density at radius 3 is 2.70 bits per heavy atom. The van der Waals surface area contributed by atoms with Gasteiger partial charge in [0.05, 0.1) is 23.8 Å². The van der Waals surface area contributed by atoms with Crippen LogP contribution < -0.4 is 15.2 Å². The fraction of sp³-hybridized carbons (Fsp3) is 0.267. The molecule has 23 heavy (non-hydrogen) atoms. The minimum atomic E-state index is -3.90. The third kappa shape index (κ3) is 4.33. The van der Waals surface area contributed by atoms with Crippen molar-refractivity contribution in [1.82, 2.24) is 5.32 Å². The van der Waals surface area contributed by atoms with Crippen LogP contribution in [0.25, 0.3) is 0 Å². The van der Waals surface area contributed by atoms with Crippen molar-refractivity contribution in [3.63, 3.8) is 0 Å². The first-order valence-corrected chi connectivity index (χ1v) is 8.40. The molecule has 0 spiro atoms. The van der Waals surface area contributed by atoms with Gasteiger partial charge >= 0.3 is 0 Å². The number of carbonyl (C=O) groups is 1. The number of carbonyl (C=O) groups excluding carboxylic acids is 1. The van der Waals surface area contributed by atoms with Crippen molar-refractivity contribution in [2.24, 2.45) is 5.14 Å². The molecule has 2 aromatic rings. The van der Waals surface area contributed by atoms with Gasteiger partial charge < -0.3 is 14.5 Å². The lowest BCUT2D eigenvalue weighted by molar-refractivity contribution is 0.0936. The predicted octanol–water partition coefficient (Wildman–Crippen LogP) is 1.30. The summed E-state index contributed by atoms with van der Waals surface area (Å²) in [5, 5.41) is 7.87. The van der Waals surface area contributed by atoms with Crippen LogP contribution >= 0.6 is 0 Å². The van der Waals surface area contributed by atoms with Gasteiger partial charge in [0.2, 0.25) is 10.0 Å². The Bertz CT molecular complexity index is 784. The highest BCUT2D eigenvalue weighted by molar-refractivity contribution is 7.89. The van der Waals surface area contributed by atoms with Gasteiger partial charge in [0, 0.05) is 12.5 Å². The maximum atomic E-state index is 12.4. The average Bonchev–Trinajstić information content (AvgIpc) is 2.98. The van der Waals surface area contributed by atoms with Crippen LogP contribution in [0.4, 0.5) is 0 Å². The number of rotatable bonds is 6. The smallest absolute Gasteiger partial charge is 0.255 e. The van der Waals surface area contributed by atoms with Crippen molar-refractivity contribution >= 4 is 15.9 Å². The number of ether oxygens (including phenoxy) is 1. The highest BCUT2D eigenvalue weighted by atomic mass is 32.2. The Kier molecular flexibility index (Phi) is 5.07. The zero-order chi connectivity index (χ0) is 17.0. The van der Waals surface area contributed by atoms with Crippen LogP contribution in [0.2, 0.25) is 0 Å². The molecule has 2 rings (SSSR count). The zero-order valence-corrected chi connectivity index (χ0v) is 13.6. The molecule has 1 amide bonds. The molecule has 1 heterocycles. The second kappa shape index (κ2) is 6.84. The number of sulfonamides is 1. The molecular weight excluding hydrogens is 320 g/mol. The molecule has 1 unspecified atom stereocenters. The number of primary sulfonamides is 1. The third-order valence-corrected chi connectivity index (χ3v) is 4.12. The van der Waals surface area contributed by atoms with E-state index in [1.54, 1.807) is 12.3 Å². The maximum Gasteiger partial charge on any atom is 0.255 e. The number of methoxy groups -OCH3 is 1. The number of amides is 1. The van der Waals surface area contributed by atoms with Crippen molar-refractivity contribution in [2.75, 3.05) is 7.11 Å². The Hall–Kier alpha value is -2.32. The fourth-order valence-corrected chi connectivity index (χ4v) is 2.66. The van der Waals surface area contributed by atoms with Gasteiger partial charge in [-0.2, -0.15) is 0 Å². The van der Waals surface area contributed by atoms with E-state index in [9.17, 15) is 13.2 Å². The Balaban J connectivity index is 2.20. The molecule has 0 aliphatic heterocycles. The Morgan fingerprint density at radius 2 is 2.13 bits per heavy atom. The number of furan rings is 1. The van der Waals surface area contributed by atoms with E-state index in [0.717, 1.165) is 5.76 Å². The van der Waals surface area contributed by atoms with E-state index in [2.05, 4.69) is 5.32 Å². The van der Waals surface area contributed by atoms with Gasteiger partial charge in [0.15, 0.2) is 0 Å². The van der Waals surface area contributed by atoms with Gasteiger partial charge in [-0.15, -0.1) is 0 Å². The van der Waals surface area contributed by atoms with Crippen molar-refractivity contribution in [3.8, 4) is 5.75 Å². The molecule has 124 valence electrons. The van der Waals surface area contributed by atoms with E-state index in [0.29, 0.717) is 6.42 Å². The largest absolute Gasteiger partial charge is 0.496 e. The van der Waals surface area contributed by atoms with E-state index < -0.39 is 15.9 Å². The van der Waals surface area contributed by atoms with Crippen LogP contribution in [0.1, 0.15) is 23.0 Å². The third-order valence-electron chi connectivity index (χ3n) is 3.21. The maximum absolute atomic E-state index is 12.4. The molecule has 0 aliphatic rings. The summed E-state index contributed by atoms with van der Waals surface area (Å²) in [4.78, 5) is 12.2. The molecule has 0 bridgehead atoms. The van der Waals surface area contributed by atoms with Gasteiger partial charge in [0.1, 0.15) is 11.5 Å². The summed E-state index contributed by atoms with van der Waals surface area (Å²) < 4.78 is 33.2. The van der Waals surface area contributed by atoms with E-state index >= 15 is 0 Å². The molecule has 8 heteroatoms. The zero-order valence-electron chi connectivity index (χ0n) is 12.8. The van der Waals surface area contributed by atoms with Gasteiger partial charge in [-0.1, -0.05) is 0 Å². The summed E-state index contributed by atoms with van der Waals surface area (Å²) in [5.41, 5.74) is 0.102. The van der Waals surface area contributed by atoms with E-state index in [-0.39, 0.29) is 22.3 Å². The average molecular weight is 338 g/mol. The first kappa shape index (κ1) is 17.0. The molecule has 0 saturated heterocycles. The molecule has 1 atom stereocenters. The molecule has 3 N–H and O–H groups in total. The first-order valence-electron chi connectivity index (χ1n) is 6.85. The topological polar surface area (TPSA) is 112 Å². The second-order valence-corrected chi connectivity index (χ2v) is 6.63. The van der Waals surface area contributed by atoms with Gasteiger partial charge in [-0.3, -0.25) is 4.79 Å². The minimum Gasteiger partial charge on any atom is -0.496 e. The SMILES string of the molecule is COc1ccc(S(N)(=O)=O)cc1C(=O)NC(C)Cc1ccco1. The van der Waals surface area contributed by atoms with Gasteiger partial charge in [0.25, 0.3) is 5.91 Å². The van der Waals surface area contributed by atoms with Crippen LogP contribution in [-0.4, -0.2) is 27.5 Å². The van der Waals surface area contributed by atoms with Crippen LogP contribution in [0.5, 0.6) is 5.75 Å². The molecule has 0 radical (unpaired) electrons. The highest BCUT2D eigenvalue weighted by Crippen LogP contribution is 2.22. The van der Waals surface area contributed by atoms with Crippen molar-refractivity contribution in [1.29, 1.82) is 0 Å². The number of nitrogens with two attached hydrogens (primary N) is 1. The van der Waals surface area contributed by atoms with Crippen LogP contribution in [-0.2, 0) is 16.4 Å². The summed E-state index contributed by atoms with van der Waals surface area (Å²) >= 11 is 0. The summed E-state index contributed by atoms with van der Waals surface area (Å²) in [6.45, 7) is 1.82. The highest BCUT2D eigenvalue weighted by Gasteiger charge is 2.19. The van der Waals surface area contributed by atoms with E-state index in [1.165, 1.54) is 25.3 Å². The van der Waals surface area contributed by atoms with Crippen molar-refractivity contribution < 1.29 is 22.4 Å². The molecular formula is C15H18N2O5S. The molecule has 1 aromatic heterocycles. The quantitative estimate of drug-likeness (QED) is 0.824. The van der Waals surface area contributed by atoms with Crippen LogP contribution in [0.15, 0.2) is 45.9 Å². The predicted molar refractivity (Wildman–Crippen MR) is 83.7 cm³/mol. The first-order chi connectivity index (χ1) is 10.8. The molecule has 7 nitrogen and oxygen atoms in total. The van der Waals surface area contributed by atoms with Gasteiger partial charge in [-0.25, -0.2) is 13.6 Å². The normalized spacial score (nSPS) is 12.7. The lowest BCUT2D eigenvalue weighted by atomic mass is 10.1. The number of hydrogen-bond acceptors (Lipinski definition) is 5. The van der Waals surface area contributed by atoms with Crippen molar-refractivity contribution in [2.45, 2.75) is 24.3 Å². The Labute approximate surface area is 134 Å². The summed E-state index contributed by atoms with van der Waals surface area (Å²) in [6, 6.07) is 7.25.